The minimum absolute atomic E-state index is 0.00703. The van der Waals surface area contributed by atoms with E-state index in [2.05, 4.69) is 0 Å². The van der Waals surface area contributed by atoms with Crippen LogP contribution in [0.2, 0.25) is 0 Å². The molecule has 0 radical (unpaired) electrons. The third kappa shape index (κ3) is 3.05. The maximum atomic E-state index is 12.3. The van der Waals surface area contributed by atoms with Crippen molar-refractivity contribution in [3.63, 3.8) is 0 Å². The highest BCUT2D eigenvalue weighted by molar-refractivity contribution is 8.18. The molecule has 2 rings (SSSR count). The highest BCUT2D eigenvalue weighted by Gasteiger charge is 2.37. The smallest absolute Gasteiger partial charge is 0.293 e. The van der Waals surface area contributed by atoms with Gasteiger partial charge in [0, 0.05) is 6.04 Å². The van der Waals surface area contributed by atoms with Crippen molar-refractivity contribution in [2.45, 2.75) is 26.3 Å². The lowest BCUT2D eigenvalue weighted by atomic mass is 10.1. The van der Waals surface area contributed by atoms with Crippen molar-refractivity contribution in [3.8, 4) is 11.5 Å². The van der Waals surface area contributed by atoms with E-state index in [9.17, 15) is 14.7 Å². The van der Waals surface area contributed by atoms with Crippen LogP contribution in [0.5, 0.6) is 11.5 Å². The summed E-state index contributed by atoms with van der Waals surface area (Å²) in [6.07, 6.45) is 2.32. The predicted octanol–water partition coefficient (Wildman–Crippen LogP) is 3.24. The molecule has 0 spiro atoms. The monoisotopic (exact) mass is 307 g/mol. The summed E-state index contributed by atoms with van der Waals surface area (Å²) in [5.41, 5.74) is 0.642. The molecule has 0 saturated carbocycles. The van der Waals surface area contributed by atoms with Gasteiger partial charge in [0.15, 0.2) is 11.5 Å². The van der Waals surface area contributed by atoms with Crippen molar-refractivity contribution < 1.29 is 19.4 Å². The Labute approximate surface area is 127 Å². The summed E-state index contributed by atoms with van der Waals surface area (Å²) >= 11 is 0.922. The van der Waals surface area contributed by atoms with Gasteiger partial charge in [0.2, 0.25) is 0 Å². The van der Waals surface area contributed by atoms with Crippen LogP contribution in [0.4, 0.5) is 4.79 Å². The average molecular weight is 307 g/mol. The van der Waals surface area contributed by atoms with E-state index in [1.165, 1.54) is 18.1 Å². The number of hydrogen-bond donors (Lipinski definition) is 1. The van der Waals surface area contributed by atoms with Gasteiger partial charge in [-0.1, -0.05) is 13.0 Å². The average Bonchev–Trinajstić information content (AvgIpc) is 2.73. The number of aromatic hydroxyl groups is 1. The van der Waals surface area contributed by atoms with Crippen LogP contribution in [-0.4, -0.2) is 34.3 Å². The molecule has 1 aliphatic rings. The van der Waals surface area contributed by atoms with Crippen LogP contribution >= 0.6 is 11.8 Å². The summed E-state index contributed by atoms with van der Waals surface area (Å²) in [6, 6.07) is 4.71. The van der Waals surface area contributed by atoms with E-state index < -0.39 is 0 Å². The highest BCUT2D eigenvalue weighted by atomic mass is 32.2. The molecule has 112 valence electrons. The Balaban J connectivity index is 2.28. The normalized spacial score (nSPS) is 18.4. The molecule has 5 nitrogen and oxygen atoms in total. The molecular formula is C15H17NO4S. The van der Waals surface area contributed by atoms with Gasteiger partial charge in [0.05, 0.1) is 12.0 Å². The maximum Gasteiger partial charge on any atom is 0.293 e. The predicted molar refractivity (Wildman–Crippen MR) is 82.2 cm³/mol. The molecule has 2 amide bonds. The number of nitrogens with zero attached hydrogens (tertiary/aromatic N) is 1. The number of amides is 2. The summed E-state index contributed by atoms with van der Waals surface area (Å²) in [7, 11) is 1.46. The fourth-order valence-electron chi connectivity index (χ4n) is 1.99. The zero-order valence-electron chi connectivity index (χ0n) is 12.1. The number of phenols is 1. The number of ether oxygens (including phenoxy) is 1. The van der Waals surface area contributed by atoms with Crippen LogP contribution in [0.25, 0.3) is 6.08 Å². The van der Waals surface area contributed by atoms with Gasteiger partial charge in [-0.25, -0.2) is 0 Å². The summed E-state index contributed by atoms with van der Waals surface area (Å²) in [5.74, 6) is 0.0712. The summed E-state index contributed by atoms with van der Waals surface area (Å²) < 4.78 is 4.97. The number of carbonyl (C=O) groups excluding carboxylic acids is 2. The van der Waals surface area contributed by atoms with E-state index in [-0.39, 0.29) is 22.9 Å². The van der Waals surface area contributed by atoms with Crippen molar-refractivity contribution in [1.82, 2.24) is 4.90 Å². The van der Waals surface area contributed by atoms with E-state index in [4.69, 9.17) is 4.74 Å². The zero-order chi connectivity index (χ0) is 15.6. The van der Waals surface area contributed by atoms with E-state index in [0.29, 0.717) is 22.6 Å². The van der Waals surface area contributed by atoms with Crippen molar-refractivity contribution in [2.75, 3.05) is 7.11 Å². The Morgan fingerprint density at radius 2 is 2.14 bits per heavy atom. The molecule has 1 aromatic rings. The summed E-state index contributed by atoms with van der Waals surface area (Å²) in [4.78, 5) is 25.8. The first-order valence-corrected chi connectivity index (χ1v) is 7.43. The Morgan fingerprint density at radius 3 is 2.71 bits per heavy atom. The standard InChI is InChI=1S/C15H17NO4S/c1-4-9(2)16-14(18)13(21-15(16)19)8-10-5-6-12(20-3)11(17)7-10/h5-9,17H,4H2,1-3H3/b13-8+/t9-/m1/s1. The van der Waals surface area contributed by atoms with Crippen molar-refractivity contribution in [2.24, 2.45) is 0 Å². The van der Waals surface area contributed by atoms with Gasteiger partial charge in [-0.15, -0.1) is 0 Å². The molecule has 0 bridgehead atoms. The molecule has 1 atom stereocenters. The van der Waals surface area contributed by atoms with Gasteiger partial charge >= 0.3 is 0 Å². The van der Waals surface area contributed by atoms with Crippen molar-refractivity contribution in [1.29, 1.82) is 0 Å². The largest absolute Gasteiger partial charge is 0.504 e. The third-order valence-electron chi connectivity index (χ3n) is 3.36. The SMILES string of the molecule is CC[C@@H](C)N1C(=O)S/C(=C/c2ccc(OC)c(O)c2)C1=O. The Hall–Kier alpha value is -1.95. The van der Waals surface area contributed by atoms with Crippen LogP contribution in [-0.2, 0) is 4.79 Å². The Kier molecular flexibility index (Phi) is 4.57. The molecule has 1 saturated heterocycles. The molecule has 1 aromatic carbocycles. The molecule has 1 heterocycles. The molecule has 6 heteroatoms. The lowest BCUT2D eigenvalue weighted by Crippen LogP contribution is -2.36. The van der Waals surface area contributed by atoms with Gasteiger partial charge in [0.1, 0.15) is 0 Å². The number of methoxy groups -OCH3 is 1. The fourth-order valence-corrected chi connectivity index (χ4v) is 2.92. The lowest BCUT2D eigenvalue weighted by molar-refractivity contribution is -0.124. The number of carbonyl (C=O) groups is 2. The number of hydrogen-bond acceptors (Lipinski definition) is 5. The first-order valence-electron chi connectivity index (χ1n) is 6.62. The van der Waals surface area contributed by atoms with Crippen LogP contribution in [0, 0.1) is 0 Å². The Morgan fingerprint density at radius 1 is 1.43 bits per heavy atom. The number of benzene rings is 1. The highest BCUT2D eigenvalue weighted by Crippen LogP contribution is 2.35. The number of thioether (sulfide) groups is 1. The zero-order valence-corrected chi connectivity index (χ0v) is 12.9. The van der Waals surface area contributed by atoms with E-state index in [1.54, 1.807) is 18.2 Å². The van der Waals surface area contributed by atoms with E-state index in [1.807, 2.05) is 13.8 Å². The van der Waals surface area contributed by atoms with Crippen LogP contribution < -0.4 is 4.74 Å². The number of imide groups is 1. The summed E-state index contributed by atoms with van der Waals surface area (Å²) in [6.45, 7) is 3.78. The van der Waals surface area contributed by atoms with Crippen LogP contribution in [0.15, 0.2) is 23.1 Å². The second-order valence-electron chi connectivity index (χ2n) is 4.74. The first-order chi connectivity index (χ1) is 9.97. The maximum absolute atomic E-state index is 12.3. The topological polar surface area (TPSA) is 66.8 Å². The van der Waals surface area contributed by atoms with Gasteiger partial charge in [-0.2, -0.15) is 0 Å². The Bertz CT molecular complexity index is 612. The van der Waals surface area contributed by atoms with Crippen molar-refractivity contribution >= 4 is 29.0 Å². The molecule has 0 aromatic heterocycles. The van der Waals surface area contributed by atoms with Crippen LogP contribution in [0.3, 0.4) is 0 Å². The molecule has 1 aliphatic heterocycles. The van der Waals surface area contributed by atoms with Gasteiger partial charge < -0.3 is 9.84 Å². The molecule has 1 N–H and O–H groups in total. The van der Waals surface area contributed by atoms with Crippen LogP contribution in [0.1, 0.15) is 25.8 Å². The molecule has 21 heavy (non-hydrogen) atoms. The van der Waals surface area contributed by atoms with Gasteiger partial charge in [-0.05, 0) is 48.9 Å². The minimum atomic E-state index is -0.283. The molecule has 0 aliphatic carbocycles. The molecule has 0 unspecified atom stereocenters. The first kappa shape index (κ1) is 15.4. The molecular weight excluding hydrogens is 290 g/mol. The second-order valence-corrected chi connectivity index (χ2v) is 5.73. The molecule has 1 fully saturated rings. The van der Waals surface area contributed by atoms with E-state index in [0.717, 1.165) is 11.8 Å². The van der Waals surface area contributed by atoms with Crippen molar-refractivity contribution in [3.05, 3.63) is 28.7 Å². The minimum Gasteiger partial charge on any atom is -0.504 e. The fraction of sp³-hybridized carbons (Fsp3) is 0.333. The summed E-state index contributed by atoms with van der Waals surface area (Å²) in [5, 5.41) is 9.49. The van der Waals surface area contributed by atoms with E-state index >= 15 is 0 Å². The quantitative estimate of drug-likeness (QED) is 0.865. The third-order valence-corrected chi connectivity index (χ3v) is 4.24. The van der Waals surface area contributed by atoms with Gasteiger partial charge in [0.25, 0.3) is 11.1 Å². The lowest BCUT2D eigenvalue weighted by Gasteiger charge is -2.19. The van der Waals surface area contributed by atoms with Gasteiger partial charge in [-0.3, -0.25) is 14.5 Å². The number of rotatable bonds is 4. The second kappa shape index (κ2) is 6.22. The number of phenolic OH excluding ortho intramolecular Hbond substituents is 1.